The molecule has 0 bridgehead atoms. The first-order chi connectivity index (χ1) is 7.22. The van der Waals surface area contributed by atoms with Crippen LogP contribution < -0.4 is 10.1 Å². The van der Waals surface area contributed by atoms with Crippen LogP contribution in [0.3, 0.4) is 0 Å². The molecule has 1 N–H and O–H groups in total. The SMILES string of the molecule is CNC(=O)c1cncc(OC2CC2)c1Br. The summed E-state index contributed by atoms with van der Waals surface area (Å²) in [5.74, 6) is 0.467. The molecule has 4 nitrogen and oxygen atoms in total. The Morgan fingerprint density at radius 3 is 2.93 bits per heavy atom. The molecule has 0 saturated heterocycles. The van der Waals surface area contributed by atoms with Gasteiger partial charge in [-0.05, 0) is 28.8 Å². The van der Waals surface area contributed by atoms with E-state index in [9.17, 15) is 4.79 Å². The van der Waals surface area contributed by atoms with E-state index in [-0.39, 0.29) is 5.91 Å². The molecular weight excluding hydrogens is 260 g/mol. The largest absolute Gasteiger partial charge is 0.488 e. The summed E-state index contributed by atoms with van der Waals surface area (Å²) in [6, 6.07) is 0. The van der Waals surface area contributed by atoms with E-state index in [4.69, 9.17) is 4.74 Å². The van der Waals surface area contributed by atoms with Crippen LogP contribution in [0.4, 0.5) is 0 Å². The van der Waals surface area contributed by atoms with Gasteiger partial charge in [-0.1, -0.05) is 0 Å². The molecule has 1 fully saturated rings. The first-order valence-electron chi connectivity index (χ1n) is 4.74. The minimum atomic E-state index is -0.171. The van der Waals surface area contributed by atoms with Crippen LogP contribution in [0.15, 0.2) is 16.9 Å². The van der Waals surface area contributed by atoms with Crippen molar-refractivity contribution in [3.05, 3.63) is 22.4 Å². The summed E-state index contributed by atoms with van der Waals surface area (Å²) in [5.41, 5.74) is 0.496. The fourth-order valence-electron chi connectivity index (χ4n) is 1.17. The molecule has 1 aliphatic carbocycles. The van der Waals surface area contributed by atoms with E-state index in [1.807, 2.05) is 0 Å². The molecule has 0 spiro atoms. The Morgan fingerprint density at radius 2 is 2.33 bits per heavy atom. The van der Waals surface area contributed by atoms with Gasteiger partial charge in [0.1, 0.15) is 0 Å². The maximum Gasteiger partial charge on any atom is 0.253 e. The van der Waals surface area contributed by atoms with Gasteiger partial charge >= 0.3 is 0 Å². The zero-order valence-corrected chi connectivity index (χ0v) is 9.87. The zero-order chi connectivity index (χ0) is 10.8. The molecule has 1 heterocycles. The second kappa shape index (κ2) is 4.18. The van der Waals surface area contributed by atoms with Gasteiger partial charge in [0, 0.05) is 13.2 Å². The van der Waals surface area contributed by atoms with Gasteiger partial charge in [0.15, 0.2) is 5.75 Å². The Bertz CT molecular complexity index is 391. The highest BCUT2D eigenvalue weighted by molar-refractivity contribution is 9.10. The Balaban J connectivity index is 2.27. The third kappa shape index (κ3) is 2.28. The monoisotopic (exact) mass is 270 g/mol. The predicted molar refractivity (Wildman–Crippen MR) is 59.0 cm³/mol. The van der Waals surface area contributed by atoms with Crippen LogP contribution in [0, 0.1) is 0 Å². The number of ether oxygens (including phenoxy) is 1. The molecule has 1 saturated carbocycles. The molecule has 2 rings (SSSR count). The Hall–Kier alpha value is -1.10. The predicted octanol–water partition coefficient (Wildman–Crippen LogP) is 1.74. The van der Waals surface area contributed by atoms with Crippen molar-refractivity contribution in [1.82, 2.24) is 10.3 Å². The molecule has 1 aliphatic rings. The van der Waals surface area contributed by atoms with E-state index >= 15 is 0 Å². The lowest BCUT2D eigenvalue weighted by atomic mass is 10.2. The molecule has 1 aromatic rings. The fraction of sp³-hybridized carbons (Fsp3) is 0.400. The molecule has 0 aliphatic heterocycles. The van der Waals surface area contributed by atoms with Crippen molar-refractivity contribution in [2.45, 2.75) is 18.9 Å². The standard InChI is InChI=1S/C10H11BrN2O2/c1-12-10(14)7-4-13-5-8(9(7)11)15-6-2-3-6/h4-6H,2-3H2,1H3,(H,12,14). The van der Waals surface area contributed by atoms with E-state index in [1.54, 1.807) is 13.2 Å². The third-order valence-electron chi connectivity index (χ3n) is 2.14. The molecule has 1 amide bonds. The van der Waals surface area contributed by atoms with Crippen LogP contribution in [-0.2, 0) is 0 Å². The van der Waals surface area contributed by atoms with Crippen LogP contribution in [0.5, 0.6) is 5.75 Å². The van der Waals surface area contributed by atoms with Crippen molar-refractivity contribution >= 4 is 21.8 Å². The zero-order valence-electron chi connectivity index (χ0n) is 8.29. The van der Waals surface area contributed by atoms with Gasteiger partial charge in [-0.2, -0.15) is 0 Å². The number of halogens is 1. The Kier molecular flexibility index (Phi) is 2.90. The Labute approximate surface area is 96.2 Å². The van der Waals surface area contributed by atoms with E-state index in [1.165, 1.54) is 6.20 Å². The normalized spacial score (nSPS) is 14.8. The molecule has 0 aromatic carbocycles. The summed E-state index contributed by atoms with van der Waals surface area (Å²) < 4.78 is 6.27. The number of rotatable bonds is 3. The van der Waals surface area contributed by atoms with Crippen molar-refractivity contribution in [1.29, 1.82) is 0 Å². The number of hydrogen-bond donors (Lipinski definition) is 1. The lowest BCUT2D eigenvalue weighted by Crippen LogP contribution is -2.18. The fourth-order valence-corrected chi connectivity index (χ4v) is 1.64. The second-order valence-corrected chi connectivity index (χ2v) is 4.19. The quantitative estimate of drug-likeness (QED) is 0.911. The van der Waals surface area contributed by atoms with Crippen molar-refractivity contribution in [3.8, 4) is 5.75 Å². The smallest absolute Gasteiger partial charge is 0.253 e. The highest BCUT2D eigenvalue weighted by Crippen LogP contribution is 2.33. The van der Waals surface area contributed by atoms with Gasteiger partial charge in [-0.3, -0.25) is 9.78 Å². The summed E-state index contributed by atoms with van der Waals surface area (Å²) in [7, 11) is 1.59. The van der Waals surface area contributed by atoms with E-state index in [0.717, 1.165) is 12.8 Å². The van der Waals surface area contributed by atoms with Crippen LogP contribution in [-0.4, -0.2) is 24.0 Å². The average Bonchev–Trinajstić information content (AvgIpc) is 3.04. The number of hydrogen-bond acceptors (Lipinski definition) is 3. The Morgan fingerprint density at radius 1 is 1.60 bits per heavy atom. The molecule has 80 valence electrons. The third-order valence-corrected chi connectivity index (χ3v) is 2.96. The number of amides is 1. The summed E-state index contributed by atoms with van der Waals surface area (Å²) in [6.45, 7) is 0. The van der Waals surface area contributed by atoms with Crippen molar-refractivity contribution in [2.75, 3.05) is 7.05 Å². The number of carbonyl (C=O) groups excluding carboxylic acids is 1. The van der Waals surface area contributed by atoms with Crippen LogP contribution in [0.2, 0.25) is 0 Å². The maximum atomic E-state index is 11.5. The first kappa shape index (κ1) is 10.4. The van der Waals surface area contributed by atoms with Crippen molar-refractivity contribution in [3.63, 3.8) is 0 Å². The number of pyridine rings is 1. The van der Waals surface area contributed by atoms with Crippen LogP contribution >= 0.6 is 15.9 Å². The topological polar surface area (TPSA) is 51.2 Å². The van der Waals surface area contributed by atoms with Gasteiger partial charge in [0.25, 0.3) is 5.91 Å². The van der Waals surface area contributed by atoms with Gasteiger partial charge in [0.2, 0.25) is 0 Å². The minimum absolute atomic E-state index is 0.171. The lowest BCUT2D eigenvalue weighted by molar-refractivity contribution is 0.0961. The summed E-state index contributed by atoms with van der Waals surface area (Å²) in [4.78, 5) is 15.4. The van der Waals surface area contributed by atoms with Crippen LogP contribution in [0.1, 0.15) is 23.2 Å². The first-order valence-corrected chi connectivity index (χ1v) is 5.54. The number of aromatic nitrogens is 1. The molecule has 1 aromatic heterocycles. The maximum absolute atomic E-state index is 11.5. The molecule has 0 radical (unpaired) electrons. The van der Waals surface area contributed by atoms with Crippen LogP contribution in [0.25, 0.3) is 0 Å². The highest BCUT2D eigenvalue weighted by Gasteiger charge is 2.25. The average molecular weight is 271 g/mol. The van der Waals surface area contributed by atoms with Gasteiger partial charge in [0.05, 0.1) is 22.3 Å². The van der Waals surface area contributed by atoms with Gasteiger partial charge < -0.3 is 10.1 Å². The number of nitrogens with zero attached hydrogens (tertiary/aromatic N) is 1. The second-order valence-electron chi connectivity index (χ2n) is 3.40. The lowest BCUT2D eigenvalue weighted by Gasteiger charge is -2.09. The minimum Gasteiger partial charge on any atom is -0.488 e. The van der Waals surface area contributed by atoms with E-state index in [0.29, 0.717) is 21.9 Å². The number of carbonyl (C=O) groups is 1. The summed E-state index contributed by atoms with van der Waals surface area (Å²) in [6.07, 6.45) is 5.59. The van der Waals surface area contributed by atoms with Crippen molar-refractivity contribution < 1.29 is 9.53 Å². The summed E-state index contributed by atoms with van der Waals surface area (Å²) >= 11 is 3.35. The molecule has 0 atom stereocenters. The van der Waals surface area contributed by atoms with E-state index in [2.05, 4.69) is 26.2 Å². The highest BCUT2D eigenvalue weighted by atomic mass is 79.9. The number of nitrogens with one attached hydrogen (secondary N) is 1. The molecule has 0 unspecified atom stereocenters. The summed E-state index contributed by atoms with van der Waals surface area (Å²) in [5, 5.41) is 2.55. The molecule has 15 heavy (non-hydrogen) atoms. The molecular formula is C10H11BrN2O2. The van der Waals surface area contributed by atoms with Gasteiger partial charge in [-0.15, -0.1) is 0 Å². The van der Waals surface area contributed by atoms with E-state index < -0.39 is 0 Å². The van der Waals surface area contributed by atoms with Crippen molar-refractivity contribution in [2.24, 2.45) is 0 Å². The van der Waals surface area contributed by atoms with Gasteiger partial charge in [-0.25, -0.2) is 0 Å². The molecule has 5 heteroatoms.